The van der Waals surface area contributed by atoms with Gasteiger partial charge in [0.05, 0.1) is 23.5 Å². The van der Waals surface area contributed by atoms with Crippen LogP contribution in [-0.2, 0) is 10.0 Å². The molecule has 0 bridgehead atoms. The van der Waals surface area contributed by atoms with Gasteiger partial charge in [0.1, 0.15) is 17.6 Å². The predicted molar refractivity (Wildman–Crippen MR) is 101 cm³/mol. The van der Waals surface area contributed by atoms with Crippen LogP contribution < -0.4 is 9.46 Å². The molecule has 0 amide bonds. The van der Waals surface area contributed by atoms with Crippen LogP contribution in [0.2, 0.25) is 0 Å². The van der Waals surface area contributed by atoms with Crippen molar-refractivity contribution in [2.75, 3.05) is 13.2 Å². The highest BCUT2D eigenvalue weighted by Gasteiger charge is 2.23. The van der Waals surface area contributed by atoms with Gasteiger partial charge in [-0.2, -0.15) is 5.10 Å². The summed E-state index contributed by atoms with van der Waals surface area (Å²) in [6.45, 7) is 6.34. The Morgan fingerprint density at radius 3 is 2.52 bits per heavy atom. The number of benzene rings is 1. The molecule has 27 heavy (non-hydrogen) atoms. The smallest absolute Gasteiger partial charge is 0.240 e. The van der Waals surface area contributed by atoms with Crippen molar-refractivity contribution >= 4 is 10.0 Å². The molecule has 0 aliphatic carbocycles. The van der Waals surface area contributed by atoms with Gasteiger partial charge in [0, 0.05) is 12.2 Å². The lowest BCUT2D eigenvalue weighted by molar-refractivity contribution is 0.340. The second kappa shape index (κ2) is 7.98. The molecule has 2 heterocycles. The van der Waals surface area contributed by atoms with Crippen LogP contribution in [0, 0.1) is 13.8 Å². The van der Waals surface area contributed by atoms with E-state index in [9.17, 15) is 8.42 Å². The molecule has 144 valence electrons. The van der Waals surface area contributed by atoms with Gasteiger partial charge >= 0.3 is 0 Å². The Kier molecular flexibility index (Phi) is 5.67. The fourth-order valence-corrected chi connectivity index (χ4v) is 3.94. The topological polar surface area (TPSA) is 86.4 Å². The van der Waals surface area contributed by atoms with Crippen LogP contribution in [0.4, 0.5) is 0 Å². The van der Waals surface area contributed by atoms with Gasteiger partial charge in [0.2, 0.25) is 10.0 Å². The number of nitrogens with one attached hydrogen (secondary N) is 1. The summed E-state index contributed by atoms with van der Waals surface area (Å²) in [4.78, 5) is 0.178. The van der Waals surface area contributed by atoms with E-state index in [-0.39, 0.29) is 17.5 Å². The van der Waals surface area contributed by atoms with Gasteiger partial charge < -0.3 is 9.15 Å². The van der Waals surface area contributed by atoms with Crippen molar-refractivity contribution in [3.63, 3.8) is 0 Å². The number of aromatic nitrogens is 2. The third kappa shape index (κ3) is 4.40. The van der Waals surface area contributed by atoms with Crippen molar-refractivity contribution in [3.05, 3.63) is 65.9 Å². The van der Waals surface area contributed by atoms with E-state index >= 15 is 0 Å². The molecular weight excluding hydrogens is 366 g/mol. The number of hydrogen-bond donors (Lipinski definition) is 1. The van der Waals surface area contributed by atoms with Crippen molar-refractivity contribution in [3.8, 4) is 5.75 Å². The molecule has 3 rings (SSSR count). The first-order chi connectivity index (χ1) is 12.9. The molecule has 1 aromatic carbocycles. The summed E-state index contributed by atoms with van der Waals surface area (Å²) in [6.07, 6.45) is 1.56. The Balaban J connectivity index is 1.81. The van der Waals surface area contributed by atoms with Gasteiger partial charge in [0.25, 0.3) is 0 Å². The maximum absolute atomic E-state index is 12.7. The maximum atomic E-state index is 12.7. The number of hydrogen-bond acceptors (Lipinski definition) is 5. The Morgan fingerprint density at radius 2 is 1.96 bits per heavy atom. The minimum atomic E-state index is -3.68. The van der Waals surface area contributed by atoms with Gasteiger partial charge in [-0.1, -0.05) is 0 Å². The highest BCUT2D eigenvalue weighted by Crippen LogP contribution is 2.22. The summed E-state index contributed by atoms with van der Waals surface area (Å²) >= 11 is 0. The average molecular weight is 389 g/mol. The van der Waals surface area contributed by atoms with Crippen LogP contribution in [0.25, 0.3) is 0 Å². The van der Waals surface area contributed by atoms with Crippen LogP contribution in [0.3, 0.4) is 0 Å². The second-order valence-electron chi connectivity index (χ2n) is 6.16. The minimum Gasteiger partial charge on any atom is -0.494 e. The summed E-state index contributed by atoms with van der Waals surface area (Å²) in [5.41, 5.74) is 1.78. The first kappa shape index (κ1) is 19.2. The van der Waals surface area contributed by atoms with Crippen LogP contribution in [-0.4, -0.2) is 31.3 Å². The zero-order chi connectivity index (χ0) is 19.4. The SMILES string of the molecule is CCOc1ccc(S(=O)(=O)NCC(c2ccco2)n2nc(C)cc2C)cc1. The molecule has 7 nitrogen and oxygen atoms in total. The highest BCUT2D eigenvalue weighted by molar-refractivity contribution is 7.89. The number of sulfonamides is 1. The lowest BCUT2D eigenvalue weighted by Gasteiger charge is -2.18. The largest absolute Gasteiger partial charge is 0.494 e. The van der Waals surface area contributed by atoms with Gasteiger partial charge in [-0.3, -0.25) is 4.68 Å². The summed E-state index contributed by atoms with van der Waals surface area (Å²) < 4.78 is 40.7. The molecule has 0 saturated heterocycles. The number of nitrogens with zero attached hydrogens (tertiary/aromatic N) is 2. The molecule has 0 saturated carbocycles. The molecule has 0 fully saturated rings. The summed E-state index contributed by atoms with van der Waals surface area (Å²) in [7, 11) is -3.68. The van der Waals surface area contributed by atoms with E-state index in [1.165, 1.54) is 12.1 Å². The molecule has 2 aromatic heterocycles. The zero-order valence-corrected chi connectivity index (χ0v) is 16.4. The van der Waals surface area contributed by atoms with E-state index in [0.29, 0.717) is 18.1 Å². The summed E-state index contributed by atoms with van der Waals surface area (Å²) in [5, 5.41) is 4.48. The molecule has 8 heteroatoms. The highest BCUT2D eigenvalue weighted by atomic mass is 32.2. The third-order valence-electron chi connectivity index (χ3n) is 4.12. The van der Waals surface area contributed by atoms with Crippen LogP contribution >= 0.6 is 0 Å². The third-order valence-corrected chi connectivity index (χ3v) is 5.56. The Hall–Kier alpha value is -2.58. The summed E-state index contributed by atoms with van der Waals surface area (Å²) in [6, 6.07) is 11.5. The van der Waals surface area contributed by atoms with Gasteiger partial charge in [-0.15, -0.1) is 0 Å². The van der Waals surface area contributed by atoms with Crippen molar-refractivity contribution in [1.29, 1.82) is 0 Å². The normalized spacial score (nSPS) is 12.9. The minimum absolute atomic E-state index is 0.116. The number of aryl methyl sites for hydroxylation is 2. The van der Waals surface area contributed by atoms with E-state index in [4.69, 9.17) is 9.15 Å². The van der Waals surface area contributed by atoms with Gasteiger partial charge in [-0.25, -0.2) is 13.1 Å². The Morgan fingerprint density at radius 1 is 1.22 bits per heavy atom. The molecule has 0 aliphatic rings. The van der Waals surface area contributed by atoms with E-state index < -0.39 is 10.0 Å². The van der Waals surface area contributed by atoms with Gasteiger partial charge in [-0.05, 0) is 63.2 Å². The lowest BCUT2D eigenvalue weighted by atomic mass is 10.2. The summed E-state index contributed by atoms with van der Waals surface area (Å²) in [5.74, 6) is 1.27. The van der Waals surface area contributed by atoms with Crippen molar-refractivity contribution < 1.29 is 17.6 Å². The molecule has 0 aliphatic heterocycles. The first-order valence-electron chi connectivity index (χ1n) is 8.69. The van der Waals surface area contributed by atoms with Crippen LogP contribution in [0.5, 0.6) is 5.75 Å². The molecule has 0 radical (unpaired) electrons. The second-order valence-corrected chi connectivity index (χ2v) is 7.93. The standard InChI is InChI=1S/C19H23N3O4S/c1-4-25-16-7-9-17(10-8-16)27(23,24)20-13-18(19-6-5-11-26-19)22-15(3)12-14(2)21-22/h5-12,18,20H,4,13H2,1-3H3. The predicted octanol–water partition coefficient (Wildman–Crippen LogP) is 3.06. The number of furan rings is 1. The maximum Gasteiger partial charge on any atom is 0.240 e. The molecule has 1 N–H and O–H groups in total. The molecule has 0 spiro atoms. The molecular formula is C19H23N3O4S. The average Bonchev–Trinajstić information content (AvgIpc) is 3.26. The van der Waals surface area contributed by atoms with Crippen molar-refractivity contribution in [2.24, 2.45) is 0 Å². The van der Waals surface area contributed by atoms with Gasteiger partial charge in [0.15, 0.2) is 0 Å². The Labute approximate surface area is 159 Å². The molecule has 3 aromatic rings. The van der Waals surface area contributed by atoms with Crippen molar-refractivity contribution in [1.82, 2.24) is 14.5 Å². The van der Waals surface area contributed by atoms with E-state index in [0.717, 1.165) is 11.4 Å². The Bertz CT molecular complexity index is 977. The first-order valence-corrected chi connectivity index (χ1v) is 10.2. The lowest BCUT2D eigenvalue weighted by Crippen LogP contribution is -2.32. The number of rotatable bonds is 8. The van der Waals surface area contributed by atoms with E-state index in [2.05, 4.69) is 9.82 Å². The fraction of sp³-hybridized carbons (Fsp3) is 0.316. The number of ether oxygens (including phenoxy) is 1. The van der Waals surface area contributed by atoms with E-state index in [1.54, 1.807) is 29.1 Å². The fourth-order valence-electron chi connectivity index (χ4n) is 2.90. The van der Waals surface area contributed by atoms with Crippen molar-refractivity contribution in [2.45, 2.75) is 31.7 Å². The quantitative estimate of drug-likeness (QED) is 0.640. The monoisotopic (exact) mass is 389 g/mol. The van der Waals surface area contributed by atoms with Crippen LogP contribution in [0.1, 0.15) is 30.1 Å². The van der Waals surface area contributed by atoms with E-state index in [1.807, 2.05) is 32.9 Å². The molecule has 1 unspecified atom stereocenters. The van der Waals surface area contributed by atoms with Crippen LogP contribution in [0.15, 0.2) is 58.0 Å². The molecule has 1 atom stereocenters. The zero-order valence-electron chi connectivity index (χ0n) is 15.5.